The van der Waals surface area contributed by atoms with Gasteiger partial charge in [0.2, 0.25) is 5.95 Å². The lowest BCUT2D eigenvalue weighted by atomic mass is 10.1. The van der Waals surface area contributed by atoms with Crippen LogP contribution in [0.4, 0.5) is 11.6 Å². The number of nitrogens with zero attached hydrogens (tertiary/aromatic N) is 4. The van der Waals surface area contributed by atoms with Gasteiger partial charge in [0, 0.05) is 37.4 Å². The summed E-state index contributed by atoms with van der Waals surface area (Å²) in [5.74, 6) is 0.983. The standard InChI is InChI=1S/C25H24N4O/c30-24(20-9-3-1-4-10-20)19-29-23-14-8-7-13-22(23)26-25(29)28-17-15-27(16-18-28)21-11-5-2-6-12-21/h1-14H,15-19H2. The number of hydrogen-bond acceptors (Lipinski definition) is 4. The third kappa shape index (κ3) is 3.54. The minimum absolute atomic E-state index is 0.0999. The first-order valence-corrected chi connectivity index (χ1v) is 10.4. The maximum Gasteiger partial charge on any atom is 0.207 e. The van der Waals surface area contributed by atoms with Gasteiger partial charge >= 0.3 is 0 Å². The Hall–Kier alpha value is -3.60. The first-order chi connectivity index (χ1) is 14.8. The van der Waals surface area contributed by atoms with Crippen molar-refractivity contribution in [1.29, 1.82) is 0 Å². The van der Waals surface area contributed by atoms with Crippen molar-refractivity contribution in [2.45, 2.75) is 6.54 Å². The fourth-order valence-corrected chi connectivity index (χ4v) is 4.12. The van der Waals surface area contributed by atoms with Crippen LogP contribution in [0.5, 0.6) is 0 Å². The normalized spacial score (nSPS) is 14.3. The average molecular weight is 396 g/mol. The van der Waals surface area contributed by atoms with Crippen molar-refractivity contribution in [3.8, 4) is 0 Å². The summed E-state index contributed by atoms with van der Waals surface area (Å²) in [6, 6.07) is 28.1. The zero-order chi connectivity index (χ0) is 20.3. The van der Waals surface area contributed by atoms with Gasteiger partial charge in [0.05, 0.1) is 17.6 Å². The van der Waals surface area contributed by atoms with Crippen LogP contribution < -0.4 is 9.80 Å². The second-order valence-corrected chi connectivity index (χ2v) is 7.59. The van der Waals surface area contributed by atoms with E-state index in [1.807, 2.05) is 60.7 Å². The third-order valence-electron chi connectivity index (χ3n) is 5.72. The van der Waals surface area contributed by atoms with E-state index in [0.717, 1.165) is 48.7 Å². The van der Waals surface area contributed by atoms with Gasteiger partial charge < -0.3 is 14.4 Å². The van der Waals surface area contributed by atoms with Crippen LogP contribution >= 0.6 is 0 Å². The number of piperazine rings is 1. The van der Waals surface area contributed by atoms with Crippen molar-refractivity contribution >= 4 is 28.5 Å². The molecule has 30 heavy (non-hydrogen) atoms. The first-order valence-electron chi connectivity index (χ1n) is 10.4. The fraction of sp³-hybridized carbons (Fsp3) is 0.200. The molecule has 0 spiro atoms. The van der Waals surface area contributed by atoms with E-state index in [-0.39, 0.29) is 5.78 Å². The van der Waals surface area contributed by atoms with E-state index in [9.17, 15) is 4.79 Å². The van der Waals surface area contributed by atoms with Gasteiger partial charge in [-0.25, -0.2) is 4.98 Å². The van der Waals surface area contributed by atoms with Crippen molar-refractivity contribution < 1.29 is 4.79 Å². The van der Waals surface area contributed by atoms with Crippen LogP contribution in [-0.2, 0) is 6.54 Å². The van der Waals surface area contributed by atoms with Crippen molar-refractivity contribution in [1.82, 2.24) is 9.55 Å². The Bertz CT molecular complexity index is 1150. The highest BCUT2D eigenvalue weighted by molar-refractivity contribution is 5.97. The van der Waals surface area contributed by atoms with Crippen LogP contribution in [0, 0.1) is 0 Å². The predicted molar refractivity (Wildman–Crippen MR) is 121 cm³/mol. The SMILES string of the molecule is O=C(Cn1c(N2CCN(c3ccccc3)CC2)nc2ccccc21)c1ccccc1. The minimum Gasteiger partial charge on any atom is -0.368 e. The number of para-hydroxylation sites is 3. The third-order valence-corrected chi connectivity index (χ3v) is 5.72. The van der Waals surface area contributed by atoms with Gasteiger partial charge in [0.1, 0.15) is 0 Å². The Balaban J connectivity index is 1.42. The minimum atomic E-state index is 0.0999. The second kappa shape index (κ2) is 8.03. The van der Waals surface area contributed by atoms with E-state index in [0.29, 0.717) is 6.54 Å². The second-order valence-electron chi connectivity index (χ2n) is 7.59. The fourth-order valence-electron chi connectivity index (χ4n) is 4.12. The van der Waals surface area contributed by atoms with Crippen LogP contribution in [0.25, 0.3) is 11.0 Å². The molecule has 0 N–H and O–H groups in total. The molecule has 4 aromatic rings. The largest absolute Gasteiger partial charge is 0.368 e. The van der Waals surface area contributed by atoms with Crippen LogP contribution in [-0.4, -0.2) is 41.5 Å². The molecule has 0 aliphatic carbocycles. The van der Waals surface area contributed by atoms with Gasteiger partial charge in [-0.15, -0.1) is 0 Å². The molecular formula is C25H24N4O. The molecule has 0 atom stereocenters. The van der Waals surface area contributed by atoms with Gasteiger partial charge in [-0.2, -0.15) is 0 Å². The molecule has 5 rings (SSSR count). The number of fused-ring (bicyclic) bond motifs is 1. The molecule has 0 unspecified atom stereocenters. The topological polar surface area (TPSA) is 41.4 Å². The van der Waals surface area contributed by atoms with Crippen LogP contribution in [0.1, 0.15) is 10.4 Å². The molecule has 3 aromatic carbocycles. The average Bonchev–Trinajstić information content (AvgIpc) is 3.19. The Morgan fingerprint density at radius 3 is 2.07 bits per heavy atom. The summed E-state index contributed by atoms with van der Waals surface area (Å²) in [5.41, 5.74) is 3.92. The highest BCUT2D eigenvalue weighted by Crippen LogP contribution is 2.25. The summed E-state index contributed by atoms with van der Waals surface area (Å²) in [7, 11) is 0. The van der Waals surface area contributed by atoms with Crippen molar-refractivity contribution in [3.05, 3.63) is 90.5 Å². The zero-order valence-corrected chi connectivity index (χ0v) is 16.8. The molecule has 2 heterocycles. The number of ketones is 1. The summed E-state index contributed by atoms with van der Waals surface area (Å²) < 4.78 is 2.07. The summed E-state index contributed by atoms with van der Waals surface area (Å²) in [4.78, 5) is 22.6. The highest BCUT2D eigenvalue weighted by atomic mass is 16.1. The Labute approximate surface area is 176 Å². The summed E-state index contributed by atoms with van der Waals surface area (Å²) in [6.45, 7) is 3.90. The number of Topliss-reactive ketones (excluding diaryl/α,β-unsaturated/α-hetero) is 1. The number of imidazole rings is 1. The maximum absolute atomic E-state index is 13.0. The van der Waals surface area contributed by atoms with Crippen molar-refractivity contribution in [2.24, 2.45) is 0 Å². The van der Waals surface area contributed by atoms with Gasteiger partial charge in [-0.3, -0.25) is 4.79 Å². The van der Waals surface area contributed by atoms with Crippen molar-refractivity contribution in [2.75, 3.05) is 36.0 Å². The first kappa shape index (κ1) is 18.4. The quantitative estimate of drug-likeness (QED) is 0.473. The van der Waals surface area contributed by atoms with E-state index in [4.69, 9.17) is 4.98 Å². The summed E-state index contributed by atoms with van der Waals surface area (Å²) >= 11 is 0. The lowest BCUT2D eigenvalue weighted by Gasteiger charge is -2.36. The van der Waals surface area contributed by atoms with E-state index < -0.39 is 0 Å². The number of carbonyl (C=O) groups excluding carboxylic acids is 1. The predicted octanol–water partition coefficient (Wildman–Crippen LogP) is 4.25. The lowest BCUT2D eigenvalue weighted by molar-refractivity contribution is 0.0973. The van der Waals surface area contributed by atoms with Gasteiger partial charge in [-0.1, -0.05) is 60.7 Å². The number of carbonyl (C=O) groups is 1. The van der Waals surface area contributed by atoms with Gasteiger partial charge in [0.15, 0.2) is 5.78 Å². The van der Waals surface area contributed by atoms with E-state index >= 15 is 0 Å². The number of hydrogen-bond donors (Lipinski definition) is 0. The highest BCUT2D eigenvalue weighted by Gasteiger charge is 2.23. The number of rotatable bonds is 5. The number of benzene rings is 3. The van der Waals surface area contributed by atoms with Crippen LogP contribution in [0.3, 0.4) is 0 Å². The van der Waals surface area contributed by atoms with Crippen LogP contribution in [0.2, 0.25) is 0 Å². The Morgan fingerprint density at radius 1 is 0.733 bits per heavy atom. The molecule has 0 radical (unpaired) electrons. The molecule has 1 aliphatic rings. The maximum atomic E-state index is 13.0. The molecule has 0 bridgehead atoms. The lowest BCUT2D eigenvalue weighted by Crippen LogP contribution is -2.47. The smallest absolute Gasteiger partial charge is 0.207 e. The molecule has 0 saturated carbocycles. The van der Waals surface area contributed by atoms with Gasteiger partial charge in [0.25, 0.3) is 0 Å². The molecule has 1 saturated heterocycles. The van der Waals surface area contributed by atoms with Gasteiger partial charge in [-0.05, 0) is 24.3 Å². The van der Waals surface area contributed by atoms with E-state index in [2.05, 4.69) is 38.6 Å². The molecule has 0 amide bonds. The molecule has 5 nitrogen and oxygen atoms in total. The monoisotopic (exact) mass is 396 g/mol. The number of anilines is 2. The molecule has 1 aromatic heterocycles. The molecule has 1 aliphatic heterocycles. The van der Waals surface area contributed by atoms with E-state index in [1.54, 1.807) is 0 Å². The zero-order valence-electron chi connectivity index (χ0n) is 16.8. The Kier molecular flexibility index (Phi) is 4.93. The molecule has 150 valence electrons. The summed E-state index contributed by atoms with van der Waals surface area (Å²) in [6.07, 6.45) is 0. The Morgan fingerprint density at radius 2 is 1.33 bits per heavy atom. The van der Waals surface area contributed by atoms with Crippen LogP contribution in [0.15, 0.2) is 84.9 Å². The molecule has 1 fully saturated rings. The van der Waals surface area contributed by atoms with Crippen molar-refractivity contribution in [3.63, 3.8) is 0 Å². The molecule has 5 heteroatoms. The number of aromatic nitrogens is 2. The van der Waals surface area contributed by atoms with E-state index in [1.165, 1.54) is 5.69 Å². The molecular weight excluding hydrogens is 372 g/mol. The summed E-state index contributed by atoms with van der Waals surface area (Å²) in [5, 5.41) is 0.